The summed E-state index contributed by atoms with van der Waals surface area (Å²) >= 11 is 0. The van der Waals surface area contributed by atoms with Crippen LogP contribution in [0.2, 0.25) is 0 Å². The molecule has 2 amide bonds. The van der Waals surface area contributed by atoms with Crippen molar-refractivity contribution < 1.29 is 19.4 Å². The first-order chi connectivity index (χ1) is 10.3. The number of benzene rings is 1. The average Bonchev–Trinajstić information content (AvgIpc) is 3.00. The number of nitrogens with one attached hydrogen (secondary N) is 1. The number of nitrogens with zero attached hydrogens (tertiary/aromatic N) is 1. The van der Waals surface area contributed by atoms with Crippen LogP contribution in [0, 0.1) is 5.92 Å². The number of aliphatic hydroxyl groups excluding tert-OH is 1. The lowest BCUT2D eigenvalue weighted by molar-refractivity contribution is 0.137. The fraction of sp³-hybridized carbons (Fsp3) is 0.533. The van der Waals surface area contributed by atoms with Crippen LogP contribution in [-0.4, -0.2) is 42.5 Å². The zero-order valence-corrected chi connectivity index (χ0v) is 11.9. The summed E-state index contributed by atoms with van der Waals surface area (Å²) in [6.45, 7) is 2.35. The molecule has 0 radical (unpaired) electrons. The van der Waals surface area contributed by atoms with E-state index in [4.69, 9.17) is 14.6 Å². The number of hydrogen-bond donors (Lipinski definition) is 2. The number of aliphatic hydroxyl groups is 1. The van der Waals surface area contributed by atoms with Gasteiger partial charge in [-0.25, -0.2) is 4.79 Å². The second kappa shape index (κ2) is 6.22. The van der Waals surface area contributed by atoms with E-state index in [9.17, 15) is 4.79 Å². The number of carbonyl (C=O) groups excluding carboxylic acids is 1. The van der Waals surface area contributed by atoms with E-state index in [2.05, 4.69) is 5.32 Å². The first-order valence-electron chi connectivity index (χ1n) is 7.28. The number of rotatable bonds is 3. The number of piperidine rings is 1. The molecule has 0 aliphatic carbocycles. The number of carbonyl (C=O) groups is 1. The predicted octanol–water partition coefficient (Wildman–Crippen LogP) is 1.33. The minimum absolute atomic E-state index is 0.0518. The van der Waals surface area contributed by atoms with Crippen LogP contribution in [0.25, 0.3) is 0 Å². The Labute approximate surface area is 123 Å². The van der Waals surface area contributed by atoms with Crippen LogP contribution >= 0.6 is 0 Å². The molecule has 1 fully saturated rings. The van der Waals surface area contributed by atoms with Crippen molar-refractivity contribution in [3.63, 3.8) is 0 Å². The molecular formula is C15H20N2O4. The van der Waals surface area contributed by atoms with Gasteiger partial charge in [0.2, 0.25) is 6.79 Å². The minimum atomic E-state index is -0.0518. The van der Waals surface area contributed by atoms with Crippen molar-refractivity contribution >= 4 is 6.03 Å². The SMILES string of the molecule is O=C(NCc1ccc2c(c1)OCO2)N1CCC(CO)CC1. The molecule has 1 aromatic carbocycles. The first-order valence-corrected chi connectivity index (χ1v) is 7.28. The number of ether oxygens (including phenoxy) is 2. The van der Waals surface area contributed by atoms with E-state index in [-0.39, 0.29) is 19.4 Å². The molecule has 1 saturated heterocycles. The van der Waals surface area contributed by atoms with Crippen LogP contribution in [0.5, 0.6) is 11.5 Å². The molecule has 0 unspecified atom stereocenters. The summed E-state index contributed by atoms with van der Waals surface area (Å²) in [4.78, 5) is 13.9. The summed E-state index contributed by atoms with van der Waals surface area (Å²) < 4.78 is 10.6. The lowest BCUT2D eigenvalue weighted by Crippen LogP contribution is -2.44. The van der Waals surface area contributed by atoms with Gasteiger partial charge in [0.15, 0.2) is 11.5 Å². The molecule has 3 rings (SSSR count). The normalized spacial score (nSPS) is 17.9. The Balaban J connectivity index is 1.50. The van der Waals surface area contributed by atoms with E-state index in [1.54, 1.807) is 4.90 Å². The van der Waals surface area contributed by atoms with Crippen molar-refractivity contribution in [2.75, 3.05) is 26.5 Å². The van der Waals surface area contributed by atoms with Crippen LogP contribution in [0.1, 0.15) is 18.4 Å². The largest absolute Gasteiger partial charge is 0.454 e. The van der Waals surface area contributed by atoms with E-state index in [1.807, 2.05) is 18.2 Å². The number of amides is 2. The van der Waals surface area contributed by atoms with Gasteiger partial charge in [0.25, 0.3) is 0 Å². The average molecular weight is 292 g/mol. The van der Waals surface area contributed by atoms with Crippen molar-refractivity contribution in [3.05, 3.63) is 23.8 Å². The fourth-order valence-electron chi connectivity index (χ4n) is 2.66. The number of urea groups is 1. The monoisotopic (exact) mass is 292 g/mol. The van der Waals surface area contributed by atoms with Crippen molar-refractivity contribution in [1.82, 2.24) is 10.2 Å². The highest BCUT2D eigenvalue weighted by atomic mass is 16.7. The van der Waals surface area contributed by atoms with E-state index in [0.29, 0.717) is 25.6 Å². The molecule has 1 aromatic rings. The molecule has 2 N–H and O–H groups in total. The molecule has 6 heteroatoms. The van der Waals surface area contributed by atoms with Gasteiger partial charge < -0.3 is 24.8 Å². The predicted molar refractivity (Wildman–Crippen MR) is 76.2 cm³/mol. The summed E-state index contributed by atoms with van der Waals surface area (Å²) in [6.07, 6.45) is 1.74. The fourth-order valence-corrected chi connectivity index (χ4v) is 2.66. The highest BCUT2D eigenvalue weighted by molar-refractivity contribution is 5.74. The Hall–Kier alpha value is -1.95. The second-order valence-corrected chi connectivity index (χ2v) is 5.46. The van der Waals surface area contributed by atoms with Crippen molar-refractivity contribution in [2.24, 2.45) is 5.92 Å². The van der Waals surface area contributed by atoms with Gasteiger partial charge in [-0.15, -0.1) is 0 Å². The summed E-state index contributed by atoms with van der Waals surface area (Å²) in [7, 11) is 0. The molecule has 114 valence electrons. The molecular weight excluding hydrogens is 272 g/mol. The Bertz CT molecular complexity index is 512. The Kier molecular flexibility index (Phi) is 4.15. The van der Waals surface area contributed by atoms with Crippen LogP contribution in [-0.2, 0) is 6.54 Å². The molecule has 0 bridgehead atoms. The summed E-state index contributed by atoms with van der Waals surface area (Å²) in [5.41, 5.74) is 0.984. The molecule has 0 saturated carbocycles. The third kappa shape index (κ3) is 3.21. The summed E-state index contributed by atoms with van der Waals surface area (Å²) in [5, 5.41) is 12.0. The zero-order valence-electron chi connectivity index (χ0n) is 11.9. The summed E-state index contributed by atoms with van der Waals surface area (Å²) in [6, 6.07) is 5.62. The van der Waals surface area contributed by atoms with E-state index in [0.717, 1.165) is 29.9 Å². The molecule has 0 atom stereocenters. The third-order valence-corrected chi connectivity index (χ3v) is 4.04. The van der Waals surface area contributed by atoms with Gasteiger partial charge in [-0.2, -0.15) is 0 Å². The second-order valence-electron chi connectivity index (χ2n) is 5.46. The molecule has 0 spiro atoms. The van der Waals surface area contributed by atoms with Gasteiger partial charge in [0.05, 0.1) is 0 Å². The van der Waals surface area contributed by atoms with Crippen LogP contribution in [0.4, 0.5) is 4.79 Å². The van der Waals surface area contributed by atoms with Crippen molar-refractivity contribution in [3.8, 4) is 11.5 Å². The maximum Gasteiger partial charge on any atom is 0.317 e. The Morgan fingerprint density at radius 1 is 1.29 bits per heavy atom. The molecule has 0 aromatic heterocycles. The van der Waals surface area contributed by atoms with Crippen LogP contribution in [0.3, 0.4) is 0 Å². The molecule has 2 aliphatic rings. The van der Waals surface area contributed by atoms with Gasteiger partial charge in [-0.3, -0.25) is 0 Å². The maximum absolute atomic E-state index is 12.1. The van der Waals surface area contributed by atoms with E-state index in [1.165, 1.54) is 0 Å². The lowest BCUT2D eigenvalue weighted by Gasteiger charge is -2.31. The Morgan fingerprint density at radius 3 is 2.81 bits per heavy atom. The van der Waals surface area contributed by atoms with Gasteiger partial charge >= 0.3 is 6.03 Å². The minimum Gasteiger partial charge on any atom is -0.454 e. The van der Waals surface area contributed by atoms with Crippen molar-refractivity contribution in [1.29, 1.82) is 0 Å². The molecule has 21 heavy (non-hydrogen) atoms. The van der Waals surface area contributed by atoms with E-state index < -0.39 is 0 Å². The first kappa shape index (κ1) is 14.0. The summed E-state index contributed by atoms with van der Waals surface area (Å²) in [5.74, 6) is 1.81. The quantitative estimate of drug-likeness (QED) is 0.881. The number of likely N-dealkylation sites (tertiary alicyclic amines) is 1. The van der Waals surface area contributed by atoms with Crippen molar-refractivity contribution in [2.45, 2.75) is 19.4 Å². The number of fused-ring (bicyclic) bond motifs is 1. The van der Waals surface area contributed by atoms with Gasteiger partial charge in [-0.05, 0) is 36.5 Å². The van der Waals surface area contributed by atoms with E-state index >= 15 is 0 Å². The Morgan fingerprint density at radius 2 is 2.05 bits per heavy atom. The number of hydrogen-bond acceptors (Lipinski definition) is 4. The van der Waals surface area contributed by atoms with Gasteiger partial charge in [-0.1, -0.05) is 6.07 Å². The standard InChI is InChI=1S/C15H20N2O4/c18-9-11-3-5-17(6-4-11)15(19)16-8-12-1-2-13-14(7-12)21-10-20-13/h1-2,7,11,18H,3-6,8-10H2,(H,16,19). The smallest absolute Gasteiger partial charge is 0.317 e. The zero-order chi connectivity index (χ0) is 14.7. The van der Waals surface area contributed by atoms with Gasteiger partial charge in [0, 0.05) is 26.2 Å². The lowest BCUT2D eigenvalue weighted by atomic mass is 9.98. The molecule has 6 nitrogen and oxygen atoms in total. The third-order valence-electron chi connectivity index (χ3n) is 4.04. The van der Waals surface area contributed by atoms with Crippen LogP contribution < -0.4 is 14.8 Å². The highest BCUT2D eigenvalue weighted by Gasteiger charge is 2.22. The topological polar surface area (TPSA) is 71.0 Å². The highest BCUT2D eigenvalue weighted by Crippen LogP contribution is 2.32. The maximum atomic E-state index is 12.1. The van der Waals surface area contributed by atoms with Gasteiger partial charge in [0.1, 0.15) is 0 Å². The van der Waals surface area contributed by atoms with Crippen LogP contribution in [0.15, 0.2) is 18.2 Å². The molecule has 2 heterocycles. The molecule has 2 aliphatic heterocycles.